The zero-order valence-corrected chi connectivity index (χ0v) is 12.5. The van der Waals surface area contributed by atoms with E-state index in [0.29, 0.717) is 6.04 Å². The minimum absolute atomic E-state index is 0.126. The first-order valence-corrected chi connectivity index (χ1v) is 7.12. The minimum Gasteiger partial charge on any atom is -0.310 e. The van der Waals surface area contributed by atoms with Crippen molar-refractivity contribution in [1.82, 2.24) is 15.1 Å². The Kier molecular flexibility index (Phi) is 3.81. The smallest absolute Gasteiger partial charge is 0.0722 e. The Morgan fingerprint density at radius 1 is 1.39 bits per heavy atom. The highest BCUT2D eigenvalue weighted by Gasteiger charge is 2.24. The van der Waals surface area contributed by atoms with E-state index in [1.54, 1.807) is 0 Å². The summed E-state index contributed by atoms with van der Waals surface area (Å²) in [5.41, 5.74) is 2.70. The molecule has 0 amide bonds. The summed E-state index contributed by atoms with van der Waals surface area (Å²) in [5, 5.41) is 8.32. The number of hydrogen-bond acceptors (Lipinski definition) is 2. The van der Waals surface area contributed by atoms with Crippen LogP contribution in [0, 0.1) is 5.92 Å². The molecule has 3 heteroatoms. The van der Waals surface area contributed by atoms with Gasteiger partial charge >= 0.3 is 0 Å². The normalized spacial score (nSPS) is 24.7. The highest BCUT2D eigenvalue weighted by atomic mass is 15.3. The molecule has 18 heavy (non-hydrogen) atoms. The van der Waals surface area contributed by atoms with E-state index in [0.717, 1.165) is 12.5 Å². The third-order valence-corrected chi connectivity index (χ3v) is 3.89. The van der Waals surface area contributed by atoms with Gasteiger partial charge in [0.05, 0.1) is 5.69 Å². The largest absolute Gasteiger partial charge is 0.310 e. The van der Waals surface area contributed by atoms with Crippen molar-refractivity contribution >= 4 is 0 Å². The molecule has 0 spiro atoms. The van der Waals surface area contributed by atoms with Crippen molar-refractivity contribution in [2.24, 2.45) is 13.0 Å². The van der Waals surface area contributed by atoms with Gasteiger partial charge in [-0.15, -0.1) is 0 Å². The maximum Gasteiger partial charge on any atom is 0.0722 e. The zero-order chi connectivity index (χ0) is 13.3. The topological polar surface area (TPSA) is 29.9 Å². The monoisotopic (exact) mass is 249 g/mol. The van der Waals surface area contributed by atoms with Gasteiger partial charge in [-0.05, 0) is 25.2 Å². The Labute approximate surface area is 111 Å². The van der Waals surface area contributed by atoms with Gasteiger partial charge in [0, 0.05) is 36.8 Å². The van der Waals surface area contributed by atoms with Gasteiger partial charge in [-0.3, -0.25) is 4.68 Å². The molecule has 0 aromatic carbocycles. The van der Waals surface area contributed by atoms with Gasteiger partial charge in [0.15, 0.2) is 0 Å². The highest BCUT2D eigenvalue weighted by Crippen LogP contribution is 2.27. The average Bonchev–Trinajstić information content (AvgIpc) is 2.81. The fourth-order valence-corrected chi connectivity index (χ4v) is 2.95. The summed E-state index contributed by atoms with van der Waals surface area (Å²) in [7, 11) is 2.01. The van der Waals surface area contributed by atoms with Gasteiger partial charge < -0.3 is 5.32 Å². The quantitative estimate of drug-likeness (QED) is 0.892. The molecule has 1 saturated carbocycles. The first-order valence-electron chi connectivity index (χ1n) is 7.12. The van der Waals surface area contributed by atoms with Crippen LogP contribution in [0.25, 0.3) is 0 Å². The predicted molar refractivity (Wildman–Crippen MR) is 75.6 cm³/mol. The third-order valence-electron chi connectivity index (χ3n) is 3.89. The first-order chi connectivity index (χ1) is 8.36. The van der Waals surface area contributed by atoms with Crippen LogP contribution in [-0.4, -0.2) is 15.8 Å². The van der Waals surface area contributed by atoms with Gasteiger partial charge in [0.25, 0.3) is 0 Å². The van der Waals surface area contributed by atoms with E-state index in [9.17, 15) is 0 Å². The molecular weight excluding hydrogens is 222 g/mol. The molecule has 0 radical (unpaired) electrons. The third kappa shape index (κ3) is 3.14. The number of nitrogens with one attached hydrogen (secondary N) is 1. The molecule has 2 atom stereocenters. The number of rotatable bonds is 3. The Morgan fingerprint density at radius 2 is 2.11 bits per heavy atom. The summed E-state index contributed by atoms with van der Waals surface area (Å²) in [6, 6.07) is 0.702. The standard InChI is InChI=1S/C15H27N3/c1-11-6-7-13(8-11)16-9-12-10-18(5)17-14(12)15(2,3)4/h10-11,13,16H,6-9H2,1-5H3. The molecule has 1 aliphatic carbocycles. The van der Waals surface area contributed by atoms with Crippen LogP contribution >= 0.6 is 0 Å². The molecule has 1 N–H and O–H groups in total. The average molecular weight is 249 g/mol. The zero-order valence-electron chi connectivity index (χ0n) is 12.5. The Balaban J connectivity index is 2.01. The van der Waals surface area contributed by atoms with Crippen molar-refractivity contribution in [2.45, 2.75) is 65.0 Å². The lowest BCUT2D eigenvalue weighted by atomic mass is 9.89. The first kappa shape index (κ1) is 13.6. The van der Waals surface area contributed by atoms with Crippen LogP contribution in [0.15, 0.2) is 6.20 Å². The molecule has 1 aromatic rings. The number of nitrogens with zero attached hydrogens (tertiary/aromatic N) is 2. The number of aromatic nitrogens is 2. The molecule has 2 rings (SSSR count). The summed E-state index contributed by atoms with van der Waals surface area (Å²) in [5.74, 6) is 0.887. The molecule has 0 bridgehead atoms. The molecular formula is C15H27N3. The van der Waals surface area contributed by atoms with E-state index in [1.165, 1.54) is 30.5 Å². The van der Waals surface area contributed by atoms with E-state index < -0.39 is 0 Å². The summed E-state index contributed by atoms with van der Waals surface area (Å²) in [6.07, 6.45) is 6.18. The Hall–Kier alpha value is -0.830. The lowest BCUT2D eigenvalue weighted by Gasteiger charge is -2.19. The van der Waals surface area contributed by atoms with Crippen LogP contribution in [0.1, 0.15) is 58.2 Å². The van der Waals surface area contributed by atoms with Crippen molar-refractivity contribution in [3.8, 4) is 0 Å². The van der Waals surface area contributed by atoms with Crippen LogP contribution in [0.3, 0.4) is 0 Å². The van der Waals surface area contributed by atoms with E-state index in [1.807, 2.05) is 11.7 Å². The summed E-state index contributed by atoms with van der Waals surface area (Å²) >= 11 is 0. The molecule has 0 aliphatic heterocycles. The summed E-state index contributed by atoms with van der Waals surface area (Å²) in [6.45, 7) is 10.0. The van der Waals surface area contributed by atoms with E-state index in [2.05, 4.69) is 44.3 Å². The second-order valence-corrected chi connectivity index (χ2v) is 6.92. The van der Waals surface area contributed by atoms with E-state index in [4.69, 9.17) is 0 Å². The van der Waals surface area contributed by atoms with Crippen molar-refractivity contribution in [3.63, 3.8) is 0 Å². The fraction of sp³-hybridized carbons (Fsp3) is 0.800. The van der Waals surface area contributed by atoms with Crippen molar-refractivity contribution in [2.75, 3.05) is 0 Å². The molecule has 1 aromatic heterocycles. The lowest BCUT2D eigenvalue weighted by Crippen LogP contribution is -2.27. The van der Waals surface area contributed by atoms with Crippen molar-refractivity contribution in [3.05, 3.63) is 17.5 Å². The van der Waals surface area contributed by atoms with Gasteiger partial charge in [-0.1, -0.05) is 27.7 Å². The molecule has 102 valence electrons. The number of aryl methyl sites for hydroxylation is 1. The van der Waals surface area contributed by atoms with Crippen molar-refractivity contribution in [1.29, 1.82) is 0 Å². The van der Waals surface area contributed by atoms with Crippen LogP contribution in [-0.2, 0) is 19.0 Å². The minimum atomic E-state index is 0.126. The van der Waals surface area contributed by atoms with Gasteiger partial charge in [0.2, 0.25) is 0 Å². The Morgan fingerprint density at radius 3 is 2.67 bits per heavy atom. The second kappa shape index (κ2) is 5.04. The summed E-state index contributed by atoms with van der Waals surface area (Å²) < 4.78 is 1.94. The van der Waals surface area contributed by atoms with Crippen molar-refractivity contribution < 1.29 is 0 Å². The predicted octanol–water partition coefficient (Wildman–Crippen LogP) is 3.00. The highest BCUT2D eigenvalue weighted by molar-refractivity contribution is 5.24. The Bertz CT molecular complexity index is 400. The molecule has 1 heterocycles. The van der Waals surface area contributed by atoms with E-state index in [-0.39, 0.29) is 5.41 Å². The second-order valence-electron chi connectivity index (χ2n) is 6.92. The van der Waals surface area contributed by atoms with Crippen LogP contribution < -0.4 is 5.32 Å². The molecule has 1 aliphatic rings. The van der Waals surface area contributed by atoms with Crippen LogP contribution in [0.4, 0.5) is 0 Å². The molecule has 1 fully saturated rings. The van der Waals surface area contributed by atoms with Crippen LogP contribution in [0.2, 0.25) is 0 Å². The summed E-state index contributed by atoms with van der Waals surface area (Å²) in [4.78, 5) is 0. The van der Waals surface area contributed by atoms with Gasteiger partial charge in [0.1, 0.15) is 0 Å². The lowest BCUT2D eigenvalue weighted by molar-refractivity contribution is 0.493. The maximum atomic E-state index is 4.62. The van der Waals surface area contributed by atoms with Gasteiger partial charge in [-0.2, -0.15) is 5.10 Å². The number of hydrogen-bond donors (Lipinski definition) is 1. The SMILES string of the molecule is CC1CCC(NCc2cn(C)nc2C(C)(C)C)C1. The molecule has 3 nitrogen and oxygen atoms in total. The molecule has 0 saturated heterocycles. The molecule has 2 unspecified atom stereocenters. The van der Waals surface area contributed by atoms with Gasteiger partial charge in [-0.25, -0.2) is 0 Å². The van der Waals surface area contributed by atoms with Crippen LogP contribution in [0.5, 0.6) is 0 Å². The fourth-order valence-electron chi connectivity index (χ4n) is 2.95. The van der Waals surface area contributed by atoms with E-state index >= 15 is 0 Å². The maximum absolute atomic E-state index is 4.62.